The van der Waals surface area contributed by atoms with Crippen LogP contribution >= 0.6 is 11.3 Å². The van der Waals surface area contributed by atoms with Crippen LogP contribution in [0.1, 0.15) is 11.1 Å². The fraction of sp³-hybridized carbons (Fsp3) is 0.0588. The van der Waals surface area contributed by atoms with Gasteiger partial charge in [-0.15, -0.1) is 10.2 Å². The van der Waals surface area contributed by atoms with Gasteiger partial charge in [-0.2, -0.15) is 0 Å². The first-order valence-electron chi connectivity index (χ1n) is 13.1. The van der Waals surface area contributed by atoms with Crippen LogP contribution in [-0.2, 0) is 13.2 Å². The topological polar surface area (TPSA) is 65.5 Å². The molecule has 0 atom stereocenters. The number of benzene rings is 5. The lowest BCUT2D eigenvalue weighted by molar-refractivity contribution is 0.290. The van der Waals surface area contributed by atoms with Crippen LogP contribution in [0.3, 0.4) is 0 Å². The number of hydrogen-bond donors (Lipinski definition) is 1. The first-order chi connectivity index (χ1) is 20.3. The minimum atomic E-state index is 0.449. The van der Waals surface area contributed by atoms with E-state index in [0.717, 1.165) is 33.1 Å². The molecular weight excluding hydrogens is 530 g/mol. The molecule has 6 aromatic rings. The van der Waals surface area contributed by atoms with Crippen LogP contribution in [0.15, 0.2) is 127 Å². The van der Waals surface area contributed by atoms with E-state index in [1.807, 2.05) is 121 Å². The Morgan fingerprint density at radius 3 is 1.98 bits per heavy atom. The molecule has 0 aliphatic heterocycles. The Bertz CT molecular complexity index is 1630. The molecule has 1 N–H and O–H groups in total. The number of hydrogen-bond acceptors (Lipinski definition) is 7. The molecule has 0 saturated heterocycles. The standard InChI is InChI=1S/C34H26N3O3S/c1-4-11-25(12-5-1)23-38-31-19-27(20-32(22-31)39-24-26-13-6-2-7-14-26)33-36-37-34(41-33)35-28-15-10-18-30(21-28)40-29-16-8-3-9-17-29/h1-8,10-22H,23-24H2,(H,35,37). The Balaban J connectivity index is 1.20. The molecule has 0 fully saturated rings. The monoisotopic (exact) mass is 556 g/mol. The van der Waals surface area contributed by atoms with Crippen LogP contribution in [0, 0.1) is 6.07 Å². The van der Waals surface area contributed by atoms with Crippen LogP contribution in [-0.4, -0.2) is 10.2 Å². The molecule has 0 aliphatic rings. The molecular formula is C34H26N3O3S. The van der Waals surface area contributed by atoms with E-state index < -0.39 is 0 Å². The van der Waals surface area contributed by atoms with Crippen molar-refractivity contribution in [3.05, 3.63) is 145 Å². The zero-order valence-corrected chi connectivity index (χ0v) is 22.9. The van der Waals surface area contributed by atoms with Crippen LogP contribution in [0.5, 0.6) is 23.0 Å². The van der Waals surface area contributed by atoms with Gasteiger partial charge < -0.3 is 19.5 Å². The van der Waals surface area contributed by atoms with Crippen molar-refractivity contribution in [1.29, 1.82) is 0 Å². The molecule has 0 unspecified atom stereocenters. The number of ether oxygens (including phenoxy) is 3. The Morgan fingerprint density at radius 2 is 1.32 bits per heavy atom. The number of nitrogens with one attached hydrogen (secondary N) is 1. The first kappa shape index (κ1) is 26.1. The number of nitrogens with zero attached hydrogens (tertiary/aromatic N) is 2. The molecule has 201 valence electrons. The van der Waals surface area contributed by atoms with Gasteiger partial charge in [0, 0.05) is 23.4 Å². The van der Waals surface area contributed by atoms with E-state index in [1.54, 1.807) is 6.07 Å². The summed E-state index contributed by atoms with van der Waals surface area (Å²) in [6, 6.07) is 44.1. The van der Waals surface area contributed by atoms with Crippen molar-refractivity contribution < 1.29 is 14.2 Å². The van der Waals surface area contributed by atoms with Gasteiger partial charge in [0.15, 0.2) is 0 Å². The van der Waals surface area contributed by atoms with Crippen LogP contribution in [0.25, 0.3) is 10.6 Å². The summed E-state index contributed by atoms with van der Waals surface area (Å²) in [6.07, 6.45) is 0. The third-order valence-corrected chi connectivity index (χ3v) is 6.94. The quantitative estimate of drug-likeness (QED) is 0.172. The van der Waals surface area contributed by atoms with Gasteiger partial charge in [-0.05, 0) is 53.6 Å². The van der Waals surface area contributed by atoms with Crippen LogP contribution < -0.4 is 19.5 Å². The Hall–Kier alpha value is -5.14. The Kier molecular flexibility index (Phi) is 8.15. The van der Waals surface area contributed by atoms with E-state index in [4.69, 9.17) is 14.2 Å². The maximum atomic E-state index is 6.16. The fourth-order valence-corrected chi connectivity index (χ4v) is 4.82. The molecule has 6 rings (SSSR count). The predicted octanol–water partition coefficient (Wildman–Crippen LogP) is 8.70. The number of rotatable bonds is 11. The van der Waals surface area contributed by atoms with E-state index in [-0.39, 0.29) is 0 Å². The highest BCUT2D eigenvalue weighted by molar-refractivity contribution is 7.18. The molecule has 0 aliphatic carbocycles. The van der Waals surface area contributed by atoms with Crippen molar-refractivity contribution in [2.75, 3.05) is 5.32 Å². The summed E-state index contributed by atoms with van der Waals surface area (Å²) < 4.78 is 18.2. The van der Waals surface area contributed by atoms with Crippen molar-refractivity contribution >= 4 is 22.2 Å². The maximum absolute atomic E-state index is 6.16. The zero-order valence-electron chi connectivity index (χ0n) is 22.1. The molecule has 0 amide bonds. The van der Waals surface area contributed by atoms with E-state index in [0.29, 0.717) is 35.6 Å². The van der Waals surface area contributed by atoms with E-state index in [2.05, 4.69) is 21.6 Å². The normalized spacial score (nSPS) is 10.6. The average Bonchev–Trinajstić information content (AvgIpc) is 3.49. The predicted molar refractivity (Wildman–Crippen MR) is 162 cm³/mol. The number of aromatic nitrogens is 2. The van der Waals surface area contributed by atoms with E-state index >= 15 is 0 Å². The van der Waals surface area contributed by atoms with Crippen molar-refractivity contribution in [1.82, 2.24) is 10.2 Å². The fourth-order valence-electron chi connectivity index (χ4n) is 4.07. The third-order valence-electron chi connectivity index (χ3n) is 6.05. The number of anilines is 2. The largest absolute Gasteiger partial charge is 0.489 e. The smallest absolute Gasteiger partial charge is 0.210 e. The highest BCUT2D eigenvalue weighted by Crippen LogP contribution is 2.35. The van der Waals surface area contributed by atoms with Gasteiger partial charge >= 0.3 is 0 Å². The van der Waals surface area contributed by atoms with Crippen molar-refractivity contribution in [2.45, 2.75) is 13.2 Å². The second-order valence-electron chi connectivity index (χ2n) is 9.15. The molecule has 0 bridgehead atoms. The molecule has 0 saturated carbocycles. The molecule has 7 heteroatoms. The molecule has 0 spiro atoms. The second kappa shape index (κ2) is 12.8. The Morgan fingerprint density at radius 1 is 0.634 bits per heavy atom. The summed E-state index contributed by atoms with van der Waals surface area (Å²) in [7, 11) is 0. The molecule has 1 aromatic heterocycles. The average molecular weight is 557 g/mol. The highest BCUT2D eigenvalue weighted by atomic mass is 32.1. The van der Waals surface area contributed by atoms with Crippen LogP contribution in [0.2, 0.25) is 0 Å². The van der Waals surface area contributed by atoms with Crippen molar-refractivity contribution in [3.63, 3.8) is 0 Å². The Labute approximate surface area is 242 Å². The maximum Gasteiger partial charge on any atom is 0.210 e. The SMILES string of the molecule is [c]1cccc(Oc2cccc(Nc3nnc(-c4cc(OCc5ccccc5)cc(OCc5ccccc5)c4)s3)c2)c1. The highest BCUT2D eigenvalue weighted by Gasteiger charge is 2.12. The van der Waals surface area contributed by atoms with Gasteiger partial charge in [0.2, 0.25) is 5.13 Å². The first-order valence-corrected chi connectivity index (χ1v) is 13.9. The molecule has 6 nitrogen and oxygen atoms in total. The van der Waals surface area contributed by atoms with Gasteiger partial charge in [0.1, 0.15) is 41.2 Å². The van der Waals surface area contributed by atoms with Gasteiger partial charge in [-0.25, -0.2) is 0 Å². The zero-order chi connectivity index (χ0) is 27.7. The molecule has 1 radical (unpaired) electrons. The lowest BCUT2D eigenvalue weighted by Gasteiger charge is -2.12. The second-order valence-corrected chi connectivity index (χ2v) is 10.1. The van der Waals surface area contributed by atoms with Crippen LogP contribution in [0.4, 0.5) is 10.8 Å². The molecule has 41 heavy (non-hydrogen) atoms. The van der Waals surface area contributed by atoms with Gasteiger partial charge in [-0.3, -0.25) is 0 Å². The molecule has 1 heterocycles. The summed E-state index contributed by atoms with van der Waals surface area (Å²) in [5.74, 6) is 2.83. The van der Waals surface area contributed by atoms with Gasteiger partial charge in [-0.1, -0.05) is 90.2 Å². The lowest BCUT2D eigenvalue weighted by Crippen LogP contribution is -1.98. The molecule has 5 aromatic carbocycles. The lowest BCUT2D eigenvalue weighted by atomic mass is 10.2. The summed E-state index contributed by atoms with van der Waals surface area (Å²) in [4.78, 5) is 0. The summed E-state index contributed by atoms with van der Waals surface area (Å²) in [6.45, 7) is 0.898. The summed E-state index contributed by atoms with van der Waals surface area (Å²) >= 11 is 1.45. The summed E-state index contributed by atoms with van der Waals surface area (Å²) in [5.41, 5.74) is 3.88. The van der Waals surface area contributed by atoms with Gasteiger partial charge in [0.05, 0.1) is 0 Å². The minimum Gasteiger partial charge on any atom is -0.489 e. The minimum absolute atomic E-state index is 0.449. The third kappa shape index (κ3) is 7.29. The van der Waals surface area contributed by atoms with Gasteiger partial charge in [0.25, 0.3) is 0 Å². The van der Waals surface area contributed by atoms with E-state index in [9.17, 15) is 0 Å². The summed E-state index contributed by atoms with van der Waals surface area (Å²) in [5, 5.41) is 13.6. The van der Waals surface area contributed by atoms with Crippen molar-refractivity contribution in [3.8, 4) is 33.6 Å². The van der Waals surface area contributed by atoms with E-state index in [1.165, 1.54) is 11.3 Å². The van der Waals surface area contributed by atoms with Crippen molar-refractivity contribution in [2.24, 2.45) is 0 Å².